The Morgan fingerprint density at radius 3 is 2.62 bits per heavy atom. The van der Waals surface area contributed by atoms with Crippen LogP contribution in [0.25, 0.3) is 0 Å². The molecule has 40 heavy (non-hydrogen) atoms. The van der Waals surface area contributed by atoms with Crippen LogP contribution in [0.15, 0.2) is 18.2 Å². The van der Waals surface area contributed by atoms with E-state index in [1.807, 2.05) is 11.8 Å². The van der Waals surface area contributed by atoms with Gasteiger partial charge < -0.3 is 26.4 Å². The van der Waals surface area contributed by atoms with Crippen molar-refractivity contribution in [1.29, 1.82) is 0 Å². The Bertz CT molecular complexity index is 1200. The number of urea groups is 1. The average Bonchev–Trinajstić information content (AvgIpc) is 3.36. The number of carbonyl (C=O) groups is 2. The van der Waals surface area contributed by atoms with Crippen molar-refractivity contribution >= 4 is 69.8 Å². The quantitative estimate of drug-likeness (QED) is 0.0456. The van der Waals surface area contributed by atoms with Gasteiger partial charge >= 0.3 is 6.03 Å². The zero-order chi connectivity index (χ0) is 27.9. The van der Waals surface area contributed by atoms with Crippen molar-refractivity contribution in [2.24, 2.45) is 0 Å². The monoisotopic (exact) mass is 681 g/mol. The van der Waals surface area contributed by atoms with Crippen LogP contribution in [-0.2, 0) is 4.79 Å². The molecule has 0 radical (unpaired) electrons. The smallest absolute Gasteiger partial charge is 0.315 e. The third kappa shape index (κ3) is 7.92. The van der Waals surface area contributed by atoms with Gasteiger partial charge in [0.15, 0.2) is 0 Å². The number of unbranched alkanes of at least 4 members (excludes halogenated alkanes) is 1. The Labute approximate surface area is 251 Å². The minimum atomic E-state index is -0.144. The lowest BCUT2D eigenvalue weighted by Gasteiger charge is -2.18. The Hall–Kier alpha value is -2.75. The summed E-state index contributed by atoms with van der Waals surface area (Å²) in [6.45, 7) is 0. The lowest BCUT2D eigenvalue weighted by Crippen LogP contribution is -2.36. The number of rotatable bonds is 11. The van der Waals surface area contributed by atoms with Crippen molar-refractivity contribution in [3.63, 3.8) is 0 Å². The highest BCUT2D eigenvalue weighted by atomic mass is 127. The molecule has 1 aliphatic carbocycles. The molecule has 1 saturated carbocycles. The first-order valence-corrected chi connectivity index (χ1v) is 16.1. The third-order valence-corrected chi connectivity index (χ3v) is 9.79. The van der Waals surface area contributed by atoms with Gasteiger partial charge in [-0.2, -0.15) is 26.7 Å². The highest BCUT2D eigenvalue weighted by Crippen LogP contribution is 2.33. The van der Waals surface area contributed by atoms with E-state index in [0.717, 1.165) is 43.5 Å². The molecule has 1 aromatic carbocycles. The zero-order valence-electron chi connectivity index (χ0n) is 22.2. The van der Waals surface area contributed by atoms with E-state index in [4.69, 9.17) is 0 Å². The molecule has 3 amide bonds. The van der Waals surface area contributed by atoms with Crippen LogP contribution in [0.4, 0.5) is 28.3 Å². The first-order valence-electron chi connectivity index (χ1n) is 13.9. The maximum atomic E-state index is 12.6. The van der Waals surface area contributed by atoms with Gasteiger partial charge in [-0.1, -0.05) is 32.1 Å². The fraction of sp³-hybridized carbons (Fsp3) is 0.577. The van der Waals surface area contributed by atoms with Gasteiger partial charge in [0.2, 0.25) is 23.8 Å². The topological polar surface area (TPSA) is 165 Å². The number of phenols is 1. The third-order valence-electron chi connectivity index (χ3n) is 7.42. The summed E-state index contributed by atoms with van der Waals surface area (Å²) in [4.78, 5) is 37.6. The minimum absolute atomic E-state index is 0.0761. The maximum Gasteiger partial charge on any atom is 0.315 e. The molecule has 2 aliphatic heterocycles. The molecular formula is C26H36IN9O3S. The standard InChI is InChI=1S/C26H36IN9O3S/c27-17-13-16(11-12-19(17)37)29-24-32-23(28-15-7-3-1-2-4-8-15)33-25(34-24)36-35-21(38)10-6-5-9-20-22-18(14-40-20)30-26(39)31-22/h11-13,15,18,20,22,37H,1-10,14H2,(H,35,38)(H2,30,31,39)(H3,28,29,32,33,34,36). The van der Waals surface area contributed by atoms with Gasteiger partial charge in [-0.25, -0.2) is 4.79 Å². The van der Waals surface area contributed by atoms with E-state index in [1.165, 1.54) is 25.7 Å². The molecule has 3 heterocycles. The minimum Gasteiger partial charge on any atom is -0.507 e. The van der Waals surface area contributed by atoms with Crippen molar-refractivity contribution in [1.82, 2.24) is 31.0 Å². The number of phenolic OH excluding ortho intramolecular Hbond substituents is 1. The molecular weight excluding hydrogens is 645 g/mol. The molecule has 3 atom stereocenters. The van der Waals surface area contributed by atoms with Crippen molar-refractivity contribution < 1.29 is 14.7 Å². The van der Waals surface area contributed by atoms with Crippen LogP contribution in [0.5, 0.6) is 5.75 Å². The molecule has 3 aliphatic rings. The first-order chi connectivity index (χ1) is 19.4. The summed E-state index contributed by atoms with van der Waals surface area (Å²) >= 11 is 3.95. The predicted molar refractivity (Wildman–Crippen MR) is 165 cm³/mol. The summed E-state index contributed by atoms with van der Waals surface area (Å²) in [6.07, 6.45) is 9.96. The van der Waals surface area contributed by atoms with E-state index in [1.54, 1.807) is 18.2 Å². The summed E-state index contributed by atoms with van der Waals surface area (Å²) in [7, 11) is 0. The van der Waals surface area contributed by atoms with Crippen LogP contribution in [0.2, 0.25) is 0 Å². The van der Waals surface area contributed by atoms with E-state index < -0.39 is 0 Å². The number of aromatic hydroxyl groups is 1. The second-order valence-corrected chi connectivity index (χ2v) is 12.9. The van der Waals surface area contributed by atoms with E-state index >= 15 is 0 Å². The first kappa shape index (κ1) is 28.8. The van der Waals surface area contributed by atoms with Crippen molar-refractivity contribution in [2.45, 2.75) is 87.6 Å². The number of benzene rings is 1. The van der Waals surface area contributed by atoms with Gasteiger partial charge in [0.1, 0.15) is 5.75 Å². The highest BCUT2D eigenvalue weighted by Gasteiger charge is 2.42. The second-order valence-electron chi connectivity index (χ2n) is 10.5. The number of carbonyl (C=O) groups excluding carboxylic acids is 2. The lowest BCUT2D eigenvalue weighted by molar-refractivity contribution is -0.120. The Morgan fingerprint density at radius 1 is 1.05 bits per heavy atom. The summed E-state index contributed by atoms with van der Waals surface area (Å²) in [5, 5.41) is 22.8. The number of hydrogen-bond donors (Lipinski definition) is 7. The summed E-state index contributed by atoms with van der Waals surface area (Å²) in [5.41, 5.74) is 6.30. The van der Waals surface area contributed by atoms with Gasteiger partial charge in [-0.15, -0.1) is 0 Å². The summed E-state index contributed by atoms with van der Waals surface area (Å²) < 4.78 is 0.704. The van der Waals surface area contributed by atoms with E-state index in [0.29, 0.717) is 27.1 Å². The molecule has 2 aromatic rings. The Balaban J connectivity index is 1.15. The molecule has 0 spiro atoms. The number of nitrogens with one attached hydrogen (secondary N) is 6. The number of aromatic nitrogens is 3. The number of hydrogen-bond acceptors (Lipinski definition) is 10. The predicted octanol–water partition coefficient (Wildman–Crippen LogP) is 4.23. The summed E-state index contributed by atoms with van der Waals surface area (Å²) in [5.74, 6) is 1.99. The fourth-order valence-corrected chi connectivity index (χ4v) is 7.39. The number of anilines is 4. The van der Waals surface area contributed by atoms with Crippen LogP contribution in [0, 0.1) is 3.57 Å². The molecule has 7 N–H and O–H groups in total. The highest BCUT2D eigenvalue weighted by molar-refractivity contribution is 14.1. The zero-order valence-corrected chi connectivity index (χ0v) is 25.2. The molecule has 2 saturated heterocycles. The Kier molecular flexibility index (Phi) is 9.88. The van der Waals surface area contributed by atoms with Crippen LogP contribution in [0.1, 0.15) is 64.2 Å². The molecule has 14 heteroatoms. The molecule has 1 aromatic heterocycles. The van der Waals surface area contributed by atoms with Gasteiger partial charge in [-0.3, -0.25) is 15.6 Å². The van der Waals surface area contributed by atoms with Crippen molar-refractivity contribution in [2.75, 3.05) is 21.8 Å². The van der Waals surface area contributed by atoms with E-state index in [-0.39, 0.29) is 41.8 Å². The number of thioether (sulfide) groups is 1. The van der Waals surface area contributed by atoms with Crippen molar-refractivity contribution in [3.05, 3.63) is 21.8 Å². The largest absolute Gasteiger partial charge is 0.507 e. The van der Waals surface area contributed by atoms with Crippen LogP contribution < -0.4 is 32.1 Å². The number of fused-ring (bicyclic) bond motifs is 1. The van der Waals surface area contributed by atoms with Crippen LogP contribution >= 0.6 is 34.4 Å². The maximum absolute atomic E-state index is 12.6. The lowest BCUT2D eigenvalue weighted by atomic mass is 10.0. The molecule has 216 valence electrons. The molecule has 3 fully saturated rings. The van der Waals surface area contributed by atoms with Crippen LogP contribution in [-0.4, -0.2) is 61.1 Å². The second kappa shape index (κ2) is 13.7. The number of halogens is 1. The van der Waals surface area contributed by atoms with Gasteiger partial charge in [0, 0.05) is 29.2 Å². The SMILES string of the molecule is O=C(CCCCC1SCC2NC(=O)NC21)NNc1nc(Nc2ccc(O)c(I)c2)nc(NC2CCCCCC2)n1. The van der Waals surface area contributed by atoms with Gasteiger partial charge in [0.25, 0.3) is 0 Å². The van der Waals surface area contributed by atoms with Crippen molar-refractivity contribution in [3.8, 4) is 5.75 Å². The van der Waals surface area contributed by atoms with Crippen LogP contribution in [0.3, 0.4) is 0 Å². The summed E-state index contributed by atoms with van der Waals surface area (Å²) in [6, 6.07) is 5.77. The molecule has 0 bridgehead atoms. The number of amides is 3. The normalized spacial score (nSPS) is 22.5. The van der Waals surface area contributed by atoms with Gasteiger partial charge in [-0.05, 0) is 66.5 Å². The molecule has 5 rings (SSSR count). The molecule has 12 nitrogen and oxygen atoms in total. The van der Waals surface area contributed by atoms with Gasteiger partial charge in [0.05, 0.1) is 15.7 Å². The molecule has 3 unspecified atom stereocenters. The Morgan fingerprint density at radius 2 is 1.82 bits per heavy atom. The fourth-order valence-electron chi connectivity index (χ4n) is 5.33. The van der Waals surface area contributed by atoms with E-state index in [2.05, 4.69) is 69.7 Å². The average molecular weight is 682 g/mol. The van der Waals surface area contributed by atoms with E-state index in [9.17, 15) is 14.7 Å². The number of nitrogens with zero attached hydrogens (tertiary/aromatic N) is 3. The number of hydrazine groups is 1.